The highest BCUT2D eigenvalue weighted by Crippen LogP contribution is 2.34. The maximum atomic E-state index is 12.7. The van der Waals surface area contributed by atoms with Gasteiger partial charge in [0.1, 0.15) is 11.9 Å². The topological polar surface area (TPSA) is 94.0 Å². The molecule has 2 fully saturated rings. The molecule has 3 heterocycles. The molecule has 1 aromatic rings. The lowest BCUT2D eigenvalue weighted by Crippen LogP contribution is -2.30. The van der Waals surface area contributed by atoms with Gasteiger partial charge >= 0.3 is 5.97 Å². The zero-order chi connectivity index (χ0) is 24.1. The Morgan fingerprint density at radius 2 is 1.94 bits per heavy atom. The monoisotopic (exact) mass is 478 g/mol. The molecule has 2 aliphatic heterocycles. The maximum absolute atomic E-state index is 12.7. The fourth-order valence-electron chi connectivity index (χ4n) is 4.52. The van der Waals surface area contributed by atoms with Gasteiger partial charge in [-0.2, -0.15) is 5.10 Å². The number of hydrogen-bond donors (Lipinski definition) is 1. The zero-order valence-electron chi connectivity index (χ0n) is 20.5. The van der Waals surface area contributed by atoms with Crippen LogP contribution >= 0.6 is 11.8 Å². The van der Waals surface area contributed by atoms with E-state index in [-0.39, 0.29) is 42.4 Å². The van der Waals surface area contributed by atoms with Crippen LogP contribution in [0.25, 0.3) is 6.08 Å². The van der Waals surface area contributed by atoms with E-state index in [0.717, 1.165) is 35.6 Å². The number of fused-ring (bicyclic) bond motifs is 1. The van der Waals surface area contributed by atoms with Gasteiger partial charge in [0.05, 0.1) is 29.0 Å². The molecule has 5 unspecified atom stereocenters. The third-order valence-corrected chi connectivity index (χ3v) is 7.69. The van der Waals surface area contributed by atoms with Crippen LogP contribution in [-0.4, -0.2) is 57.3 Å². The number of aliphatic hydroxyl groups excluding tert-OH is 1. The number of epoxide rings is 1. The Hall–Kier alpha value is -1.64. The smallest absolute Gasteiger partial charge is 0.306 e. The molecule has 0 saturated carbocycles. The molecule has 2 saturated heterocycles. The average Bonchev–Trinajstić information content (AvgIpc) is 3.43. The second kappa shape index (κ2) is 11.7. The average molecular weight is 479 g/mol. The van der Waals surface area contributed by atoms with Gasteiger partial charge in [-0.1, -0.05) is 26.7 Å². The lowest BCUT2D eigenvalue weighted by Gasteiger charge is -2.22. The van der Waals surface area contributed by atoms with Crippen LogP contribution in [0, 0.1) is 11.8 Å². The number of carbonyl (C=O) groups excluding carboxylic acids is 2. The van der Waals surface area contributed by atoms with E-state index in [1.165, 1.54) is 0 Å². The first kappa shape index (κ1) is 26.0. The van der Waals surface area contributed by atoms with E-state index in [1.807, 2.05) is 44.0 Å². The van der Waals surface area contributed by atoms with E-state index in [0.29, 0.717) is 19.3 Å². The van der Waals surface area contributed by atoms with Crippen LogP contribution in [0.5, 0.6) is 0 Å². The van der Waals surface area contributed by atoms with Crippen LogP contribution in [0.4, 0.5) is 0 Å². The first-order valence-electron chi connectivity index (χ1n) is 12.0. The minimum absolute atomic E-state index is 0.0142. The molecular weight excluding hydrogens is 440 g/mol. The lowest BCUT2D eigenvalue weighted by atomic mass is 9.86. The number of aryl methyl sites for hydroxylation is 1. The molecule has 2 aliphatic rings. The highest BCUT2D eigenvalue weighted by molar-refractivity contribution is 7.98. The molecule has 0 spiro atoms. The van der Waals surface area contributed by atoms with Crippen molar-refractivity contribution in [1.29, 1.82) is 0 Å². The molecule has 0 aliphatic carbocycles. The SMILES string of the molecule is CSc1cc(/C=C(\C)C2CC3OC3CCCCC(O)[C@@H](C)C(=O)C(C)CCC(=O)O2)nn1C. The number of nitrogens with zero attached hydrogens (tertiary/aromatic N) is 2. The minimum Gasteiger partial charge on any atom is -0.458 e. The zero-order valence-corrected chi connectivity index (χ0v) is 21.3. The Morgan fingerprint density at radius 1 is 1.21 bits per heavy atom. The van der Waals surface area contributed by atoms with Gasteiger partial charge in [-0.15, -0.1) is 11.8 Å². The summed E-state index contributed by atoms with van der Waals surface area (Å²) in [6.07, 6.45) is 7.78. The molecule has 6 atom stereocenters. The third-order valence-electron chi connectivity index (χ3n) is 6.89. The van der Waals surface area contributed by atoms with E-state index in [2.05, 4.69) is 5.10 Å². The number of thioether (sulfide) groups is 1. The molecule has 1 N–H and O–H groups in total. The summed E-state index contributed by atoms with van der Waals surface area (Å²) in [6, 6.07) is 2.02. The first-order valence-corrected chi connectivity index (χ1v) is 13.2. The highest BCUT2D eigenvalue weighted by Gasteiger charge is 2.41. The standard InChI is InChI=1S/C25H38N2O5S/c1-15-10-11-24(29)32-21(16(2)12-18-13-23(33-5)27(4)26-18)14-22-20(31-22)9-7-6-8-19(28)17(3)25(15)30/h12-13,15,17,19-22,28H,6-11,14H2,1-5H3/b16-12+/t15?,17-,19?,20?,21?,22?/m1/s1. The number of aromatic nitrogens is 2. The summed E-state index contributed by atoms with van der Waals surface area (Å²) in [6.45, 7) is 5.59. The van der Waals surface area contributed by atoms with Crippen molar-refractivity contribution in [2.45, 2.75) is 95.2 Å². The Labute approximate surface area is 201 Å². The summed E-state index contributed by atoms with van der Waals surface area (Å²) < 4.78 is 13.6. The Kier molecular flexibility index (Phi) is 9.18. The summed E-state index contributed by atoms with van der Waals surface area (Å²) in [5.74, 6) is -1.01. The largest absolute Gasteiger partial charge is 0.458 e. The maximum Gasteiger partial charge on any atom is 0.306 e. The number of aliphatic hydroxyl groups is 1. The van der Waals surface area contributed by atoms with Crippen molar-refractivity contribution < 1.29 is 24.2 Å². The fourth-order valence-corrected chi connectivity index (χ4v) is 5.06. The summed E-state index contributed by atoms with van der Waals surface area (Å²) in [7, 11) is 1.91. The summed E-state index contributed by atoms with van der Waals surface area (Å²) >= 11 is 1.63. The summed E-state index contributed by atoms with van der Waals surface area (Å²) in [5, 5.41) is 16.0. The van der Waals surface area contributed by atoms with Crippen molar-refractivity contribution in [3.63, 3.8) is 0 Å². The van der Waals surface area contributed by atoms with Gasteiger partial charge in [-0.3, -0.25) is 14.3 Å². The predicted octanol–water partition coefficient (Wildman–Crippen LogP) is 4.17. The van der Waals surface area contributed by atoms with Crippen molar-refractivity contribution in [2.24, 2.45) is 18.9 Å². The highest BCUT2D eigenvalue weighted by atomic mass is 32.2. The molecule has 33 heavy (non-hydrogen) atoms. The molecule has 3 rings (SSSR count). The number of carbonyl (C=O) groups is 2. The van der Waals surface area contributed by atoms with Gasteiger partial charge in [0.25, 0.3) is 0 Å². The molecule has 0 aromatic carbocycles. The molecule has 184 valence electrons. The van der Waals surface area contributed by atoms with Gasteiger partial charge in [0.15, 0.2) is 0 Å². The van der Waals surface area contributed by atoms with E-state index in [1.54, 1.807) is 18.7 Å². The number of hydrogen-bond acceptors (Lipinski definition) is 7. The van der Waals surface area contributed by atoms with Crippen molar-refractivity contribution in [3.8, 4) is 0 Å². The number of esters is 1. The van der Waals surface area contributed by atoms with E-state index in [9.17, 15) is 14.7 Å². The van der Waals surface area contributed by atoms with Crippen molar-refractivity contribution >= 4 is 29.6 Å². The minimum atomic E-state index is -0.633. The molecule has 0 amide bonds. The van der Waals surface area contributed by atoms with E-state index < -0.39 is 12.0 Å². The van der Waals surface area contributed by atoms with Crippen LogP contribution in [0.1, 0.15) is 71.4 Å². The van der Waals surface area contributed by atoms with Crippen molar-refractivity contribution in [3.05, 3.63) is 17.3 Å². The molecule has 7 nitrogen and oxygen atoms in total. The van der Waals surface area contributed by atoms with Gasteiger partial charge < -0.3 is 14.6 Å². The molecule has 8 heteroatoms. The van der Waals surface area contributed by atoms with Crippen LogP contribution in [0.3, 0.4) is 0 Å². The molecule has 1 aromatic heterocycles. The van der Waals surface area contributed by atoms with Crippen LogP contribution in [-0.2, 0) is 26.1 Å². The van der Waals surface area contributed by atoms with Crippen LogP contribution in [0.2, 0.25) is 0 Å². The second-order valence-corrected chi connectivity index (χ2v) is 10.4. The molecule has 0 radical (unpaired) electrons. The fraction of sp³-hybridized carbons (Fsp3) is 0.720. The number of ether oxygens (including phenoxy) is 2. The normalized spacial score (nSPS) is 32.8. The molecule has 0 bridgehead atoms. The molecular formula is C25H38N2O5S. The van der Waals surface area contributed by atoms with Gasteiger partial charge in [0, 0.05) is 31.7 Å². The Morgan fingerprint density at radius 3 is 2.64 bits per heavy atom. The Bertz CT molecular complexity index is 867. The van der Waals surface area contributed by atoms with Gasteiger partial charge in [-0.05, 0) is 50.2 Å². The third kappa shape index (κ3) is 7.17. The van der Waals surface area contributed by atoms with Crippen LogP contribution < -0.4 is 0 Å². The first-order chi connectivity index (χ1) is 15.7. The second-order valence-electron chi connectivity index (χ2n) is 9.53. The van der Waals surface area contributed by atoms with E-state index >= 15 is 0 Å². The quantitative estimate of drug-likeness (QED) is 0.396. The lowest BCUT2D eigenvalue weighted by molar-refractivity contribution is -0.148. The predicted molar refractivity (Wildman–Crippen MR) is 129 cm³/mol. The number of rotatable bonds is 3. The number of cyclic esters (lactones) is 1. The number of Topliss-reactive ketones (excluding diaryl/α,β-unsaturated/α-hetero) is 1. The summed E-state index contributed by atoms with van der Waals surface area (Å²) in [5.41, 5.74) is 1.77. The van der Waals surface area contributed by atoms with Gasteiger partial charge in [-0.25, -0.2) is 0 Å². The number of ketones is 1. The summed E-state index contributed by atoms with van der Waals surface area (Å²) in [4.78, 5) is 25.4. The Balaban J connectivity index is 1.73. The van der Waals surface area contributed by atoms with Gasteiger partial charge in [0.2, 0.25) is 0 Å². The van der Waals surface area contributed by atoms with Crippen LogP contribution in [0.15, 0.2) is 16.7 Å². The van der Waals surface area contributed by atoms with E-state index in [4.69, 9.17) is 9.47 Å². The van der Waals surface area contributed by atoms with Crippen molar-refractivity contribution in [2.75, 3.05) is 6.26 Å². The van der Waals surface area contributed by atoms with Crippen molar-refractivity contribution in [1.82, 2.24) is 9.78 Å².